The number of esters is 1. The van der Waals surface area contributed by atoms with Crippen molar-refractivity contribution >= 4 is 17.3 Å². The molecule has 0 aromatic carbocycles. The van der Waals surface area contributed by atoms with E-state index in [-0.39, 0.29) is 11.4 Å². The summed E-state index contributed by atoms with van der Waals surface area (Å²) in [5.74, 6) is -0.162. The molecule has 1 rings (SSSR count). The minimum atomic E-state index is -0.162. The Bertz CT molecular complexity index is 347. The first kappa shape index (κ1) is 15.2. The molecule has 0 bridgehead atoms. The Morgan fingerprint density at radius 2 is 2.28 bits per heavy atom. The van der Waals surface area contributed by atoms with Crippen LogP contribution in [0.1, 0.15) is 38.5 Å². The molecule has 0 atom stereocenters. The molecule has 0 unspecified atom stereocenters. The Labute approximate surface area is 114 Å². The number of carbonyl (C=O) groups excluding carboxylic acids is 1. The highest BCUT2D eigenvalue weighted by molar-refractivity contribution is 7.10. The summed E-state index contributed by atoms with van der Waals surface area (Å²) in [6.45, 7) is 8.03. The molecule has 0 saturated heterocycles. The molecule has 4 heteroatoms. The highest BCUT2D eigenvalue weighted by Gasteiger charge is 2.21. The predicted molar refractivity (Wildman–Crippen MR) is 76.1 cm³/mol. The Kier molecular flexibility index (Phi) is 6.36. The molecule has 0 spiro atoms. The second kappa shape index (κ2) is 7.54. The van der Waals surface area contributed by atoms with Gasteiger partial charge in [-0.1, -0.05) is 33.3 Å². The van der Waals surface area contributed by atoms with Gasteiger partial charge in [0, 0.05) is 16.8 Å². The van der Waals surface area contributed by atoms with Gasteiger partial charge in [0.2, 0.25) is 0 Å². The van der Waals surface area contributed by atoms with Gasteiger partial charge < -0.3 is 10.1 Å². The number of nitrogens with one attached hydrogen (secondary N) is 1. The largest absolute Gasteiger partial charge is 0.465 e. The number of unbranched alkanes of at least 4 members (excludes halogenated alkanes) is 1. The Morgan fingerprint density at radius 1 is 1.50 bits per heavy atom. The lowest BCUT2D eigenvalue weighted by Crippen LogP contribution is -2.35. The lowest BCUT2D eigenvalue weighted by Gasteiger charge is -2.23. The van der Waals surface area contributed by atoms with Crippen LogP contribution in [0.25, 0.3) is 0 Å². The normalized spacial score (nSPS) is 11.5. The first-order valence-electron chi connectivity index (χ1n) is 6.46. The van der Waals surface area contributed by atoms with Crippen LogP contribution in [0.15, 0.2) is 17.5 Å². The van der Waals surface area contributed by atoms with Crippen LogP contribution in [0.3, 0.4) is 0 Å². The maximum atomic E-state index is 11.4. The average Bonchev–Trinajstić information content (AvgIpc) is 2.83. The molecule has 18 heavy (non-hydrogen) atoms. The van der Waals surface area contributed by atoms with Gasteiger partial charge in [0.05, 0.1) is 13.2 Å². The molecule has 3 nitrogen and oxygen atoms in total. The predicted octanol–water partition coefficient (Wildman–Crippen LogP) is 2.96. The lowest BCUT2D eigenvalue weighted by molar-refractivity contribution is -0.142. The fraction of sp³-hybridized carbons (Fsp3) is 0.643. The second-order valence-corrected chi connectivity index (χ2v) is 5.99. The summed E-state index contributed by atoms with van der Waals surface area (Å²) >= 11 is 1.75. The van der Waals surface area contributed by atoms with Crippen molar-refractivity contribution in [1.29, 1.82) is 0 Å². The average molecular weight is 269 g/mol. The van der Waals surface area contributed by atoms with Crippen LogP contribution in [0.4, 0.5) is 0 Å². The zero-order valence-corrected chi connectivity index (χ0v) is 12.3. The Morgan fingerprint density at radius 3 is 2.89 bits per heavy atom. The van der Waals surface area contributed by atoms with E-state index in [0.29, 0.717) is 13.2 Å². The van der Waals surface area contributed by atoms with Crippen LogP contribution in [-0.4, -0.2) is 25.7 Å². The molecule has 0 amide bonds. The molecule has 0 radical (unpaired) electrons. The van der Waals surface area contributed by atoms with Gasteiger partial charge in [0.25, 0.3) is 0 Å². The third-order valence-corrected chi connectivity index (χ3v) is 4.02. The number of carbonyl (C=O) groups is 1. The van der Waals surface area contributed by atoms with Crippen LogP contribution >= 0.6 is 11.3 Å². The van der Waals surface area contributed by atoms with Crippen LogP contribution in [0, 0.1) is 0 Å². The van der Waals surface area contributed by atoms with E-state index in [4.69, 9.17) is 4.74 Å². The number of thiophene rings is 1. The van der Waals surface area contributed by atoms with Gasteiger partial charge in [-0.2, -0.15) is 0 Å². The summed E-state index contributed by atoms with van der Waals surface area (Å²) in [5, 5.41) is 5.25. The molecule has 0 saturated carbocycles. The minimum Gasteiger partial charge on any atom is -0.465 e. The molecule has 0 aliphatic heterocycles. The van der Waals surface area contributed by atoms with Gasteiger partial charge in [-0.05, 0) is 17.9 Å². The lowest BCUT2D eigenvalue weighted by atomic mass is 9.91. The van der Waals surface area contributed by atoms with Crippen molar-refractivity contribution in [3.05, 3.63) is 22.4 Å². The Balaban J connectivity index is 2.23. The smallest absolute Gasteiger partial charge is 0.319 e. The molecule has 0 aliphatic carbocycles. The molecule has 0 fully saturated rings. The summed E-state index contributed by atoms with van der Waals surface area (Å²) in [6, 6.07) is 4.19. The van der Waals surface area contributed by atoms with Crippen molar-refractivity contribution in [2.24, 2.45) is 0 Å². The molecule has 0 aliphatic rings. The van der Waals surface area contributed by atoms with Crippen LogP contribution in [0.2, 0.25) is 0 Å². The monoisotopic (exact) mass is 269 g/mol. The van der Waals surface area contributed by atoms with Crippen LogP contribution < -0.4 is 5.32 Å². The van der Waals surface area contributed by atoms with Gasteiger partial charge in [0.15, 0.2) is 0 Å². The molecule has 1 aromatic heterocycles. The highest BCUT2D eigenvalue weighted by Crippen LogP contribution is 2.26. The van der Waals surface area contributed by atoms with E-state index in [1.807, 2.05) is 0 Å². The molecular formula is C14H23NO2S. The van der Waals surface area contributed by atoms with Crippen molar-refractivity contribution in [3.8, 4) is 0 Å². The standard InChI is InChI=1S/C14H23NO2S/c1-4-5-8-17-13(16)10-15-11-14(2,3)12-7-6-9-18-12/h6-7,9,15H,4-5,8,10-11H2,1-3H3. The zero-order chi connectivity index (χ0) is 13.4. The van der Waals surface area contributed by atoms with Crippen molar-refractivity contribution in [2.75, 3.05) is 19.7 Å². The fourth-order valence-corrected chi connectivity index (χ4v) is 2.46. The number of hydrogen-bond donors (Lipinski definition) is 1. The Hall–Kier alpha value is -0.870. The quantitative estimate of drug-likeness (QED) is 0.582. The van der Waals surface area contributed by atoms with Crippen molar-refractivity contribution in [3.63, 3.8) is 0 Å². The molecule has 1 N–H and O–H groups in total. The molecule has 1 aromatic rings. The molecule has 102 valence electrons. The van der Waals surface area contributed by atoms with Gasteiger partial charge >= 0.3 is 5.97 Å². The minimum absolute atomic E-state index is 0.0534. The van der Waals surface area contributed by atoms with Crippen molar-refractivity contribution in [2.45, 2.75) is 39.0 Å². The van der Waals surface area contributed by atoms with Crippen molar-refractivity contribution < 1.29 is 9.53 Å². The number of rotatable bonds is 8. The number of hydrogen-bond acceptors (Lipinski definition) is 4. The van der Waals surface area contributed by atoms with Gasteiger partial charge in [0.1, 0.15) is 0 Å². The van der Waals surface area contributed by atoms with E-state index < -0.39 is 0 Å². The third kappa shape index (κ3) is 5.19. The van der Waals surface area contributed by atoms with E-state index in [0.717, 1.165) is 19.4 Å². The fourth-order valence-electron chi connectivity index (χ4n) is 1.61. The van der Waals surface area contributed by atoms with Gasteiger partial charge in [-0.3, -0.25) is 4.79 Å². The summed E-state index contributed by atoms with van der Waals surface area (Å²) < 4.78 is 5.09. The van der Waals surface area contributed by atoms with Crippen molar-refractivity contribution in [1.82, 2.24) is 5.32 Å². The second-order valence-electron chi connectivity index (χ2n) is 5.04. The zero-order valence-electron chi connectivity index (χ0n) is 11.5. The van der Waals surface area contributed by atoms with E-state index in [1.165, 1.54) is 4.88 Å². The maximum Gasteiger partial charge on any atom is 0.319 e. The molecular weight excluding hydrogens is 246 g/mol. The highest BCUT2D eigenvalue weighted by atomic mass is 32.1. The van der Waals surface area contributed by atoms with E-state index in [2.05, 4.69) is 43.6 Å². The summed E-state index contributed by atoms with van der Waals surface area (Å²) in [4.78, 5) is 12.7. The van der Waals surface area contributed by atoms with Crippen LogP contribution in [0.5, 0.6) is 0 Å². The SMILES string of the molecule is CCCCOC(=O)CNCC(C)(C)c1cccs1. The van der Waals surface area contributed by atoms with Gasteiger partial charge in [-0.15, -0.1) is 11.3 Å². The summed E-state index contributed by atoms with van der Waals surface area (Å²) in [6.07, 6.45) is 1.98. The van der Waals surface area contributed by atoms with E-state index in [1.54, 1.807) is 11.3 Å². The first-order valence-corrected chi connectivity index (χ1v) is 7.34. The first-order chi connectivity index (χ1) is 8.56. The number of ether oxygens (including phenoxy) is 1. The van der Waals surface area contributed by atoms with E-state index in [9.17, 15) is 4.79 Å². The van der Waals surface area contributed by atoms with Gasteiger partial charge in [-0.25, -0.2) is 0 Å². The summed E-state index contributed by atoms with van der Waals surface area (Å²) in [7, 11) is 0. The van der Waals surface area contributed by atoms with E-state index >= 15 is 0 Å². The topological polar surface area (TPSA) is 38.3 Å². The third-order valence-electron chi connectivity index (χ3n) is 2.79. The molecule has 1 heterocycles. The summed E-state index contributed by atoms with van der Waals surface area (Å²) in [5.41, 5.74) is 0.0534. The van der Waals surface area contributed by atoms with Crippen LogP contribution in [-0.2, 0) is 14.9 Å². The maximum absolute atomic E-state index is 11.4.